The smallest absolute Gasteiger partial charge is 0.341 e. The van der Waals surface area contributed by atoms with Gasteiger partial charge in [-0.1, -0.05) is 71.9 Å². The van der Waals surface area contributed by atoms with E-state index >= 15 is 0 Å². The van der Waals surface area contributed by atoms with Crippen molar-refractivity contribution in [2.45, 2.75) is 19.0 Å². The average molecular weight is 493 g/mol. The van der Waals surface area contributed by atoms with Crippen LogP contribution >= 0.6 is 23.1 Å². The van der Waals surface area contributed by atoms with Crippen molar-refractivity contribution >= 4 is 40.0 Å². The summed E-state index contributed by atoms with van der Waals surface area (Å²) in [5, 5.41) is 14.3. The molecule has 0 saturated carbocycles. The lowest BCUT2D eigenvalue weighted by Crippen LogP contribution is -2.16. The molecule has 0 aliphatic heterocycles. The van der Waals surface area contributed by atoms with Crippen LogP contribution in [-0.2, 0) is 16.6 Å². The first-order valence-electron chi connectivity index (χ1n) is 10.7. The third-order valence-electron chi connectivity index (χ3n) is 5.09. The van der Waals surface area contributed by atoms with Crippen molar-refractivity contribution in [2.24, 2.45) is 7.05 Å². The number of hydrogen-bond acceptors (Lipinski definition) is 7. The molecule has 0 bridgehead atoms. The fourth-order valence-electron chi connectivity index (χ4n) is 3.37. The molecule has 4 aromatic rings. The SMILES string of the molecule is CCOC(=O)c1c(-c2ccccc2)csc1NC(=O)CSc1nnc(-c2ccc(C)cc2)n1C. The Hall–Kier alpha value is -3.43. The fraction of sp³-hybridized carbons (Fsp3) is 0.200. The van der Waals surface area contributed by atoms with Gasteiger partial charge in [0.15, 0.2) is 11.0 Å². The number of esters is 1. The zero-order valence-corrected chi connectivity index (χ0v) is 20.7. The molecule has 2 aromatic heterocycles. The molecule has 7 nitrogen and oxygen atoms in total. The summed E-state index contributed by atoms with van der Waals surface area (Å²) in [6.07, 6.45) is 0. The van der Waals surface area contributed by atoms with E-state index in [2.05, 4.69) is 15.5 Å². The van der Waals surface area contributed by atoms with Crippen molar-refractivity contribution in [1.29, 1.82) is 0 Å². The Morgan fingerprint density at radius 1 is 1.06 bits per heavy atom. The standard InChI is InChI=1S/C25H24N4O3S2/c1-4-32-24(31)21-19(17-8-6-5-7-9-17)14-33-23(21)26-20(30)15-34-25-28-27-22(29(25)3)18-12-10-16(2)11-13-18/h5-14H,4,15H2,1-3H3,(H,26,30). The molecular weight excluding hydrogens is 468 g/mol. The van der Waals surface area contributed by atoms with Gasteiger partial charge in [-0.25, -0.2) is 4.79 Å². The summed E-state index contributed by atoms with van der Waals surface area (Å²) < 4.78 is 7.12. The van der Waals surface area contributed by atoms with Gasteiger partial charge in [-0.2, -0.15) is 0 Å². The highest BCUT2D eigenvalue weighted by molar-refractivity contribution is 7.99. The Kier molecular flexibility index (Phi) is 7.44. The molecule has 0 unspecified atom stereocenters. The van der Waals surface area contributed by atoms with Crippen molar-refractivity contribution in [2.75, 3.05) is 17.7 Å². The molecule has 2 heterocycles. The highest BCUT2D eigenvalue weighted by Crippen LogP contribution is 2.36. The lowest BCUT2D eigenvalue weighted by molar-refractivity contribution is -0.113. The van der Waals surface area contributed by atoms with Crippen LogP contribution in [0.3, 0.4) is 0 Å². The number of thioether (sulfide) groups is 1. The summed E-state index contributed by atoms with van der Waals surface area (Å²) >= 11 is 2.59. The summed E-state index contributed by atoms with van der Waals surface area (Å²) in [5.74, 6) is 0.164. The van der Waals surface area contributed by atoms with Gasteiger partial charge < -0.3 is 14.6 Å². The molecule has 9 heteroatoms. The predicted molar refractivity (Wildman–Crippen MR) is 136 cm³/mol. The topological polar surface area (TPSA) is 86.1 Å². The van der Waals surface area contributed by atoms with Crippen molar-refractivity contribution in [3.05, 3.63) is 71.1 Å². The number of aryl methyl sites for hydroxylation is 1. The highest BCUT2D eigenvalue weighted by atomic mass is 32.2. The summed E-state index contributed by atoms with van der Waals surface area (Å²) in [5.41, 5.74) is 4.13. The number of nitrogens with zero attached hydrogens (tertiary/aromatic N) is 3. The first kappa shape index (κ1) is 23.7. The van der Waals surface area contributed by atoms with E-state index in [9.17, 15) is 9.59 Å². The Morgan fingerprint density at radius 2 is 1.79 bits per heavy atom. The molecule has 0 spiro atoms. The van der Waals surface area contributed by atoms with E-state index in [0.717, 1.165) is 22.5 Å². The third-order valence-corrected chi connectivity index (χ3v) is 7.00. The van der Waals surface area contributed by atoms with E-state index in [0.29, 0.717) is 15.7 Å². The lowest BCUT2D eigenvalue weighted by Gasteiger charge is -2.09. The first-order chi connectivity index (χ1) is 16.5. The number of aromatic nitrogens is 3. The zero-order chi connectivity index (χ0) is 24.1. The van der Waals surface area contributed by atoms with Gasteiger partial charge in [0.05, 0.1) is 12.4 Å². The van der Waals surface area contributed by atoms with Gasteiger partial charge in [-0.15, -0.1) is 21.5 Å². The highest BCUT2D eigenvalue weighted by Gasteiger charge is 2.23. The van der Waals surface area contributed by atoms with Gasteiger partial charge in [-0.05, 0) is 19.4 Å². The minimum absolute atomic E-state index is 0.126. The van der Waals surface area contributed by atoms with Crippen LogP contribution < -0.4 is 5.32 Å². The molecule has 1 N–H and O–H groups in total. The number of nitrogens with one attached hydrogen (secondary N) is 1. The van der Waals surface area contributed by atoms with Gasteiger partial charge >= 0.3 is 5.97 Å². The second kappa shape index (κ2) is 10.7. The van der Waals surface area contributed by atoms with E-state index in [4.69, 9.17) is 4.74 Å². The number of rotatable bonds is 8. The number of benzene rings is 2. The predicted octanol–water partition coefficient (Wildman–Crippen LogP) is 5.43. The molecule has 0 atom stereocenters. The second-order valence-electron chi connectivity index (χ2n) is 7.51. The molecular formula is C25H24N4O3S2. The Labute approximate surface area is 206 Å². The molecule has 0 fully saturated rings. The third kappa shape index (κ3) is 5.21. The van der Waals surface area contributed by atoms with E-state index in [1.165, 1.54) is 28.7 Å². The van der Waals surface area contributed by atoms with Crippen LogP contribution in [0.25, 0.3) is 22.5 Å². The number of amides is 1. The Bertz CT molecular complexity index is 1300. The van der Waals surface area contributed by atoms with Crippen molar-refractivity contribution in [1.82, 2.24) is 14.8 Å². The van der Waals surface area contributed by atoms with Crippen LogP contribution in [-0.4, -0.2) is 39.0 Å². The van der Waals surface area contributed by atoms with Crippen LogP contribution in [0.2, 0.25) is 0 Å². The van der Waals surface area contributed by atoms with Gasteiger partial charge in [-0.3, -0.25) is 4.79 Å². The average Bonchev–Trinajstić information content (AvgIpc) is 3.42. The normalized spacial score (nSPS) is 10.8. The van der Waals surface area contributed by atoms with Crippen LogP contribution in [0.5, 0.6) is 0 Å². The van der Waals surface area contributed by atoms with E-state index in [1.807, 2.05) is 78.5 Å². The van der Waals surface area contributed by atoms with Crippen molar-refractivity contribution < 1.29 is 14.3 Å². The lowest BCUT2D eigenvalue weighted by atomic mass is 10.0. The number of hydrogen-bond donors (Lipinski definition) is 1. The van der Waals surface area contributed by atoms with Crippen LogP contribution in [0.15, 0.2) is 65.1 Å². The molecule has 0 aliphatic carbocycles. The molecule has 0 aliphatic rings. The molecule has 2 aromatic carbocycles. The van der Waals surface area contributed by atoms with Crippen molar-refractivity contribution in [3.8, 4) is 22.5 Å². The molecule has 0 radical (unpaired) electrons. The van der Waals surface area contributed by atoms with Crippen molar-refractivity contribution in [3.63, 3.8) is 0 Å². The number of ether oxygens (including phenoxy) is 1. The number of carbonyl (C=O) groups is 2. The monoisotopic (exact) mass is 492 g/mol. The first-order valence-corrected chi connectivity index (χ1v) is 12.6. The summed E-state index contributed by atoms with van der Waals surface area (Å²) in [6, 6.07) is 17.6. The summed E-state index contributed by atoms with van der Waals surface area (Å²) in [4.78, 5) is 25.4. The van der Waals surface area contributed by atoms with Crippen LogP contribution in [0.4, 0.5) is 5.00 Å². The largest absolute Gasteiger partial charge is 0.462 e. The van der Waals surface area contributed by atoms with Gasteiger partial charge in [0.1, 0.15) is 10.6 Å². The minimum atomic E-state index is -0.457. The molecule has 1 amide bonds. The molecule has 0 saturated heterocycles. The number of carbonyl (C=O) groups excluding carboxylic acids is 2. The molecule has 174 valence electrons. The number of anilines is 1. The Balaban J connectivity index is 1.48. The number of thiophene rings is 1. The summed E-state index contributed by atoms with van der Waals surface area (Å²) in [7, 11) is 1.87. The van der Waals surface area contributed by atoms with E-state index in [1.54, 1.807) is 6.92 Å². The maximum absolute atomic E-state index is 12.8. The summed E-state index contributed by atoms with van der Waals surface area (Å²) in [6.45, 7) is 4.04. The fourth-order valence-corrected chi connectivity index (χ4v) is 5.06. The maximum atomic E-state index is 12.8. The zero-order valence-electron chi connectivity index (χ0n) is 19.1. The maximum Gasteiger partial charge on any atom is 0.341 e. The van der Waals surface area contributed by atoms with Gasteiger partial charge in [0, 0.05) is 23.6 Å². The Morgan fingerprint density at radius 3 is 2.50 bits per heavy atom. The molecule has 34 heavy (non-hydrogen) atoms. The second-order valence-corrected chi connectivity index (χ2v) is 9.33. The van der Waals surface area contributed by atoms with Crippen LogP contribution in [0, 0.1) is 6.92 Å². The van der Waals surface area contributed by atoms with Gasteiger partial charge in [0.25, 0.3) is 0 Å². The van der Waals surface area contributed by atoms with Gasteiger partial charge in [0.2, 0.25) is 5.91 Å². The van der Waals surface area contributed by atoms with E-state index in [-0.39, 0.29) is 18.3 Å². The minimum Gasteiger partial charge on any atom is -0.462 e. The molecule has 4 rings (SSSR count). The van der Waals surface area contributed by atoms with E-state index < -0.39 is 5.97 Å². The quantitative estimate of drug-likeness (QED) is 0.261. The van der Waals surface area contributed by atoms with Crippen LogP contribution in [0.1, 0.15) is 22.8 Å².